The summed E-state index contributed by atoms with van der Waals surface area (Å²) in [7, 11) is 1.95. The smallest absolute Gasteiger partial charge is 0.164 e. The number of anilines is 1. The van der Waals surface area contributed by atoms with Crippen LogP contribution in [-0.4, -0.2) is 14.8 Å². The van der Waals surface area contributed by atoms with Gasteiger partial charge in [-0.15, -0.1) is 10.2 Å². The molecule has 0 saturated carbocycles. The monoisotopic (exact) mass is 202 g/mol. The van der Waals surface area contributed by atoms with E-state index in [1.807, 2.05) is 43.7 Å². The van der Waals surface area contributed by atoms with Gasteiger partial charge in [0, 0.05) is 18.3 Å². The largest absolute Gasteiger partial charge is 0.399 e. The Bertz CT molecular complexity index is 499. The van der Waals surface area contributed by atoms with Crippen molar-refractivity contribution in [3.05, 3.63) is 29.6 Å². The van der Waals surface area contributed by atoms with E-state index in [0.717, 1.165) is 28.5 Å². The molecule has 15 heavy (non-hydrogen) atoms. The minimum absolute atomic E-state index is 0.747. The second kappa shape index (κ2) is 3.38. The van der Waals surface area contributed by atoms with Crippen molar-refractivity contribution in [1.29, 1.82) is 0 Å². The van der Waals surface area contributed by atoms with Gasteiger partial charge in [0.05, 0.1) is 0 Å². The fourth-order valence-corrected chi connectivity index (χ4v) is 1.52. The van der Waals surface area contributed by atoms with Crippen molar-refractivity contribution in [1.82, 2.24) is 14.8 Å². The van der Waals surface area contributed by atoms with E-state index in [4.69, 9.17) is 5.73 Å². The Balaban J connectivity index is 2.63. The number of nitrogens with two attached hydrogens (primary N) is 1. The normalized spacial score (nSPS) is 10.6. The first-order chi connectivity index (χ1) is 7.09. The topological polar surface area (TPSA) is 56.7 Å². The van der Waals surface area contributed by atoms with Crippen molar-refractivity contribution < 1.29 is 0 Å². The molecule has 2 aromatic rings. The molecule has 0 radical (unpaired) electrons. The van der Waals surface area contributed by atoms with Gasteiger partial charge < -0.3 is 10.3 Å². The Hall–Kier alpha value is -1.84. The van der Waals surface area contributed by atoms with Gasteiger partial charge in [-0.2, -0.15) is 0 Å². The Morgan fingerprint density at radius 3 is 2.53 bits per heavy atom. The molecule has 1 aromatic carbocycles. The van der Waals surface area contributed by atoms with Crippen LogP contribution in [0.15, 0.2) is 18.2 Å². The molecule has 0 atom stereocenters. The fourth-order valence-electron chi connectivity index (χ4n) is 1.52. The van der Waals surface area contributed by atoms with Crippen LogP contribution < -0.4 is 5.73 Å². The highest BCUT2D eigenvalue weighted by atomic mass is 15.3. The van der Waals surface area contributed by atoms with E-state index >= 15 is 0 Å². The van der Waals surface area contributed by atoms with Crippen molar-refractivity contribution in [2.75, 3.05) is 5.73 Å². The highest BCUT2D eigenvalue weighted by Crippen LogP contribution is 2.23. The number of nitrogens with zero attached hydrogens (tertiary/aromatic N) is 3. The minimum Gasteiger partial charge on any atom is -0.399 e. The highest BCUT2D eigenvalue weighted by Gasteiger charge is 2.10. The number of aromatic nitrogens is 3. The maximum absolute atomic E-state index is 5.76. The zero-order valence-corrected chi connectivity index (χ0v) is 9.15. The molecule has 0 aliphatic rings. The molecule has 1 aromatic heterocycles. The minimum atomic E-state index is 0.747. The van der Waals surface area contributed by atoms with Gasteiger partial charge in [-0.05, 0) is 31.5 Å². The third-order valence-corrected chi connectivity index (χ3v) is 2.60. The average Bonchev–Trinajstić information content (AvgIpc) is 2.52. The molecule has 0 spiro atoms. The summed E-state index contributed by atoms with van der Waals surface area (Å²) in [4.78, 5) is 0. The van der Waals surface area contributed by atoms with Gasteiger partial charge in [-0.1, -0.05) is 6.07 Å². The summed E-state index contributed by atoms with van der Waals surface area (Å²) in [6, 6.07) is 5.82. The van der Waals surface area contributed by atoms with Crippen molar-refractivity contribution >= 4 is 5.69 Å². The molecule has 0 fully saturated rings. The maximum atomic E-state index is 5.76. The molecule has 0 bridgehead atoms. The predicted molar refractivity (Wildman–Crippen MR) is 60.3 cm³/mol. The number of rotatable bonds is 1. The lowest BCUT2D eigenvalue weighted by molar-refractivity contribution is 0.864. The Morgan fingerprint density at radius 1 is 1.20 bits per heavy atom. The average molecular weight is 202 g/mol. The van der Waals surface area contributed by atoms with Crippen LogP contribution in [0.4, 0.5) is 5.69 Å². The lowest BCUT2D eigenvalue weighted by Gasteiger charge is -2.06. The predicted octanol–water partition coefficient (Wildman–Crippen LogP) is 1.68. The molecule has 1 heterocycles. The lowest BCUT2D eigenvalue weighted by Crippen LogP contribution is -1.97. The summed E-state index contributed by atoms with van der Waals surface area (Å²) in [5, 5.41) is 8.18. The first kappa shape index (κ1) is 9.71. The quantitative estimate of drug-likeness (QED) is 0.716. The zero-order chi connectivity index (χ0) is 11.0. The van der Waals surface area contributed by atoms with Gasteiger partial charge in [0.15, 0.2) is 5.82 Å². The van der Waals surface area contributed by atoms with E-state index < -0.39 is 0 Å². The van der Waals surface area contributed by atoms with E-state index in [1.165, 1.54) is 0 Å². The van der Waals surface area contributed by atoms with Crippen LogP contribution in [0.25, 0.3) is 11.4 Å². The van der Waals surface area contributed by atoms with Crippen LogP contribution in [0, 0.1) is 13.8 Å². The summed E-state index contributed by atoms with van der Waals surface area (Å²) in [6.07, 6.45) is 0. The molecule has 0 aliphatic carbocycles. The Morgan fingerprint density at radius 2 is 1.93 bits per heavy atom. The molecule has 4 heteroatoms. The second-order valence-electron chi connectivity index (χ2n) is 3.70. The van der Waals surface area contributed by atoms with Gasteiger partial charge in [0.25, 0.3) is 0 Å². The van der Waals surface area contributed by atoms with Crippen LogP contribution in [0.1, 0.15) is 11.4 Å². The Labute approximate surface area is 88.8 Å². The number of aryl methyl sites for hydroxylation is 2. The number of benzene rings is 1. The molecule has 2 rings (SSSR count). The van der Waals surface area contributed by atoms with Crippen molar-refractivity contribution in [3.8, 4) is 11.4 Å². The second-order valence-corrected chi connectivity index (χ2v) is 3.70. The summed E-state index contributed by atoms with van der Waals surface area (Å²) in [5.41, 5.74) is 8.70. The van der Waals surface area contributed by atoms with Crippen molar-refractivity contribution in [3.63, 3.8) is 0 Å². The first-order valence-electron chi connectivity index (χ1n) is 4.82. The number of hydrogen-bond acceptors (Lipinski definition) is 3. The van der Waals surface area contributed by atoms with E-state index in [9.17, 15) is 0 Å². The molecule has 0 aliphatic heterocycles. The van der Waals surface area contributed by atoms with E-state index in [0.29, 0.717) is 0 Å². The molecule has 0 unspecified atom stereocenters. The van der Waals surface area contributed by atoms with Gasteiger partial charge >= 0.3 is 0 Å². The SMILES string of the molecule is Cc1ccc(N)cc1-c1nnc(C)n1C. The fraction of sp³-hybridized carbons (Fsp3) is 0.273. The van der Waals surface area contributed by atoms with Crippen molar-refractivity contribution in [2.45, 2.75) is 13.8 Å². The maximum Gasteiger partial charge on any atom is 0.164 e. The third-order valence-electron chi connectivity index (χ3n) is 2.60. The standard InChI is InChI=1S/C11H14N4/c1-7-4-5-9(12)6-10(7)11-14-13-8(2)15(11)3/h4-6H,12H2,1-3H3. The molecular weight excluding hydrogens is 188 g/mol. The number of nitrogen functional groups attached to an aromatic ring is 1. The van der Waals surface area contributed by atoms with Gasteiger partial charge in [0.1, 0.15) is 5.82 Å². The molecule has 4 nitrogen and oxygen atoms in total. The van der Waals surface area contributed by atoms with E-state index in [1.54, 1.807) is 0 Å². The lowest BCUT2D eigenvalue weighted by atomic mass is 10.1. The molecule has 2 N–H and O–H groups in total. The summed E-state index contributed by atoms with van der Waals surface area (Å²) >= 11 is 0. The van der Waals surface area contributed by atoms with E-state index in [2.05, 4.69) is 10.2 Å². The van der Waals surface area contributed by atoms with E-state index in [-0.39, 0.29) is 0 Å². The third kappa shape index (κ3) is 1.58. The summed E-state index contributed by atoms with van der Waals surface area (Å²) in [6.45, 7) is 3.97. The zero-order valence-electron chi connectivity index (χ0n) is 9.15. The highest BCUT2D eigenvalue weighted by molar-refractivity contribution is 5.65. The van der Waals surface area contributed by atoms with Gasteiger partial charge in [-0.3, -0.25) is 0 Å². The van der Waals surface area contributed by atoms with Crippen LogP contribution in [0.5, 0.6) is 0 Å². The number of hydrogen-bond donors (Lipinski definition) is 1. The van der Waals surface area contributed by atoms with Gasteiger partial charge in [0.2, 0.25) is 0 Å². The Kier molecular flexibility index (Phi) is 2.19. The molecule has 78 valence electrons. The van der Waals surface area contributed by atoms with Crippen LogP contribution in [-0.2, 0) is 7.05 Å². The van der Waals surface area contributed by atoms with Crippen LogP contribution >= 0.6 is 0 Å². The first-order valence-corrected chi connectivity index (χ1v) is 4.82. The molecule has 0 amide bonds. The van der Waals surface area contributed by atoms with Gasteiger partial charge in [-0.25, -0.2) is 0 Å². The van der Waals surface area contributed by atoms with Crippen molar-refractivity contribution in [2.24, 2.45) is 7.05 Å². The van der Waals surface area contributed by atoms with Crippen LogP contribution in [0.2, 0.25) is 0 Å². The molecular formula is C11H14N4. The summed E-state index contributed by atoms with van der Waals surface area (Å²) < 4.78 is 1.96. The molecule has 0 saturated heterocycles. The summed E-state index contributed by atoms with van der Waals surface area (Å²) in [5.74, 6) is 1.75. The van der Waals surface area contributed by atoms with Crippen LogP contribution in [0.3, 0.4) is 0 Å².